The zero-order valence-electron chi connectivity index (χ0n) is 11.9. The van der Waals surface area contributed by atoms with Crippen LogP contribution in [0.1, 0.15) is 61.5 Å². The van der Waals surface area contributed by atoms with Gasteiger partial charge in [0.05, 0.1) is 6.10 Å². The number of aryl methyl sites for hydroxylation is 3. The van der Waals surface area contributed by atoms with Crippen LogP contribution in [0.4, 0.5) is 0 Å². The minimum absolute atomic E-state index is 0.297. The van der Waals surface area contributed by atoms with Gasteiger partial charge in [0.25, 0.3) is 0 Å². The second kappa shape index (κ2) is 6.20. The summed E-state index contributed by atoms with van der Waals surface area (Å²) in [6.45, 7) is 10.8. The zero-order chi connectivity index (χ0) is 13.0. The molecule has 0 radical (unpaired) electrons. The lowest BCUT2D eigenvalue weighted by Crippen LogP contribution is -2.04. The van der Waals surface area contributed by atoms with Crippen molar-refractivity contribution in [3.8, 4) is 0 Å². The summed E-state index contributed by atoms with van der Waals surface area (Å²) in [4.78, 5) is 0. The van der Waals surface area contributed by atoms with Gasteiger partial charge >= 0.3 is 0 Å². The van der Waals surface area contributed by atoms with Gasteiger partial charge in [0.2, 0.25) is 0 Å². The molecular formula is C16H26O. The smallest absolute Gasteiger partial charge is 0.0795 e. The molecule has 1 rings (SSSR count). The summed E-state index contributed by atoms with van der Waals surface area (Å²) >= 11 is 0. The van der Waals surface area contributed by atoms with Gasteiger partial charge in [-0.05, 0) is 49.8 Å². The monoisotopic (exact) mass is 234 g/mol. The molecule has 0 bridgehead atoms. The van der Waals surface area contributed by atoms with Crippen LogP contribution in [0.2, 0.25) is 0 Å². The SMILES string of the molecule is Cc1cc(C)c(C(O)CCCC(C)C)c(C)c1. The summed E-state index contributed by atoms with van der Waals surface area (Å²) in [5, 5.41) is 10.3. The van der Waals surface area contributed by atoms with Crippen LogP contribution in [0.3, 0.4) is 0 Å². The van der Waals surface area contributed by atoms with Crippen molar-refractivity contribution in [1.82, 2.24) is 0 Å². The van der Waals surface area contributed by atoms with E-state index in [0.717, 1.165) is 24.3 Å². The average molecular weight is 234 g/mol. The third kappa shape index (κ3) is 4.16. The summed E-state index contributed by atoms with van der Waals surface area (Å²) in [6.07, 6.45) is 2.88. The number of aliphatic hydroxyl groups is 1. The van der Waals surface area contributed by atoms with Crippen molar-refractivity contribution in [2.24, 2.45) is 5.92 Å². The molecule has 0 aliphatic heterocycles. The van der Waals surface area contributed by atoms with Crippen LogP contribution >= 0.6 is 0 Å². The summed E-state index contributed by atoms with van der Waals surface area (Å²) in [7, 11) is 0. The van der Waals surface area contributed by atoms with Crippen LogP contribution < -0.4 is 0 Å². The summed E-state index contributed by atoms with van der Waals surface area (Å²) in [5.41, 5.74) is 4.86. The summed E-state index contributed by atoms with van der Waals surface area (Å²) in [6, 6.07) is 4.32. The predicted molar refractivity (Wildman–Crippen MR) is 74.3 cm³/mol. The molecule has 0 saturated heterocycles. The molecule has 1 unspecified atom stereocenters. The highest BCUT2D eigenvalue weighted by Gasteiger charge is 2.13. The van der Waals surface area contributed by atoms with Crippen LogP contribution in [0.5, 0.6) is 0 Å². The number of rotatable bonds is 5. The first-order chi connectivity index (χ1) is 7.91. The highest BCUT2D eigenvalue weighted by atomic mass is 16.3. The van der Waals surface area contributed by atoms with Crippen molar-refractivity contribution in [1.29, 1.82) is 0 Å². The van der Waals surface area contributed by atoms with E-state index in [9.17, 15) is 5.11 Å². The fourth-order valence-electron chi connectivity index (χ4n) is 2.58. The van der Waals surface area contributed by atoms with Crippen molar-refractivity contribution in [2.75, 3.05) is 0 Å². The average Bonchev–Trinajstić information content (AvgIpc) is 2.14. The van der Waals surface area contributed by atoms with Gasteiger partial charge in [0.1, 0.15) is 0 Å². The number of aliphatic hydroxyl groups excluding tert-OH is 1. The molecule has 96 valence electrons. The van der Waals surface area contributed by atoms with E-state index in [2.05, 4.69) is 46.8 Å². The molecular weight excluding hydrogens is 208 g/mol. The van der Waals surface area contributed by atoms with E-state index in [4.69, 9.17) is 0 Å². The first kappa shape index (κ1) is 14.2. The van der Waals surface area contributed by atoms with Gasteiger partial charge in [-0.2, -0.15) is 0 Å². The molecule has 0 fully saturated rings. The quantitative estimate of drug-likeness (QED) is 0.797. The van der Waals surface area contributed by atoms with E-state index in [0.29, 0.717) is 0 Å². The normalized spacial score (nSPS) is 13.1. The van der Waals surface area contributed by atoms with Gasteiger partial charge in [-0.25, -0.2) is 0 Å². The van der Waals surface area contributed by atoms with Gasteiger partial charge in [0, 0.05) is 0 Å². The number of hydrogen-bond donors (Lipinski definition) is 1. The van der Waals surface area contributed by atoms with Crippen LogP contribution in [0, 0.1) is 26.7 Å². The van der Waals surface area contributed by atoms with Gasteiger partial charge in [-0.15, -0.1) is 0 Å². The minimum atomic E-state index is -0.297. The van der Waals surface area contributed by atoms with E-state index < -0.39 is 0 Å². The second-order valence-electron chi connectivity index (χ2n) is 5.65. The van der Waals surface area contributed by atoms with Crippen molar-refractivity contribution in [3.05, 3.63) is 34.4 Å². The number of benzene rings is 1. The molecule has 0 aliphatic carbocycles. The lowest BCUT2D eigenvalue weighted by molar-refractivity contribution is 0.160. The molecule has 1 aromatic rings. The molecule has 1 nitrogen and oxygen atoms in total. The van der Waals surface area contributed by atoms with E-state index in [1.165, 1.54) is 23.1 Å². The highest BCUT2D eigenvalue weighted by molar-refractivity contribution is 5.38. The van der Waals surface area contributed by atoms with Gasteiger partial charge in [0.15, 0.2) is 0 Å². The lowest BCUT2D eigenvalue weighted by Gasteiger charge is -2.18. The van der Waals surface area contributed by atoms with Gasteiger partial charge in [-0.3, -0.25) is 0 Å². The maximum atomic E-state index is 10.3. The topological polar surface area (TPSA) is 20.2 Å². The minimum Gasteiger partial charge on any atom is -0.388 e. The van der Waals surface area contributed by atoms with Crippen LogP contribution in [0.15, 0.2) is 12.1 Å². The Morgan fingerprint density at radius 3 is 2.00 bits per heavy atom. The van der Waals surface area contributed by atoms with Crippen molar-refractivity contribution in [3.63, 3.8) is 0 Å². The Morgan fingerprint density at radius 2 is 1.53 bits per heavy atom. The van der Waals surface area contributed by atoms with E-state index in [-0.39, 0.29) is 6.10 Å². The van der Waals surface area contributed by atoms with Crippen LogP contribution in [-0.4, -0.2) is 5.11 Å². The van der Waals surface area contributed by atoms with Crippen LogP contribution in [-0.2, 0) is 0 Å². The molecule has 0 aromatic heterocycles. The third-order valence-electron chi connectivity index (χ3n) is 3.33. The molecule has 1 N–H and O–H groups in total. The fourth-order valence-corrected chi connectivity index (χ4v) is 2.58. The van der Waals surface area contributed by atoms with E-state index in [1.54, 1.807) is 0 Å². The molecule has 0 spiro atoms. The number of hydrogen-bond acceptors (Lipinski definition) is 1. The second-order valence-corrected chi connectivity index (χ2v) is 5.65. The van der Waals surface area contributed by atoms with E-state index >= 15 is 0 Å². The molecule has 17 heavy (non-hydrogen) atoms. The lowest BCUT2D eigenvalue weighted by atomic mass is 9.92. The van der Waals surface area contributed by atoms with Crippen LogP contribution in [0.25, 0.3) is 0 Å². The third-order valence-corrected chi connectivity index (χ3v) is 3.33. The van der Waals surface area contributed by atoms with Crippen molar-refractivity contribution >= 4 is 0 Å². The van der Waals surface area contributed by atoms with Gasteiger partial charge in [-0.1, -0.05) is 44.4 Å². The van der Waals surface area contributed by atoms with Gasteiger partial charge < -0.3 is 5.11 Å². The first-order valence-corrected chi connectivity index (χ1v) is 6.67. The molecule has 0 amide bonds. The summed E-state index contributed by atoms with van der Waals surface area (Å²) < 4.78 is 0. The Morgan fingerprint density at radius 1 is 1.00 bits per heavy atom. The van der Waals surface area contributed by atoms with Crippen molar-refractivity contribution in [2.45, 2.75) is 60.0 Å². The molecule has 1 atom stereocenters. The summed E-state index contributed by atoms with van der Waals surface area (Å²) in [5.74, 6) is 0.724. The maximum Gasteiger partial charge on any atom is 0.0795 e. The highest BCUT2D eigenvalue weighted by Crippen LogP contribution is 2.27. The molecule has 0 heterocycles. The fraction of sp³-hybridized carbons (Fsp3) is 0.625. The Bertz CT molecular complexity index is 343. The Kier molecular flexibility index (Phi) is 5.20. The Labute approximate surface area is 106 Å². The Balaban J connectivity index is 2.72. The largest absolute Gasteiger partial charge is 0.388 e. The first-order valence-electron chi connectivity index (χ1n) is 6.67. The van der Waals surface area contributed by atoms with Crippen molar-refractivity contribution < 1.29 is 5.11 Å². The zero-order valence-corrected chi connectivity index (χ0v) is 11.9. The molecule has 0 saturated carbocycles. The molecule has 1 aromatic carbocycles. The van der Waals surface area contributed by atoms with E-state index in [1.807, 2.05) is 0 Å². The molecule has 0 aliphatic rings. The maximum absolute atomic E-state index is 10.3. The standard InChI is InChI=1S/C16H26O/c1-11(2)7-6-8-15(17)16-13(4)9-12(3)10-14(16)5/h9-11,15,17H,6-8H2,1-5H3. The Hall–Kier alpha value is -0.820. The predicted octanol–water partition coefficient (Wildman–Crippen LogP) is 4.47. The molecule has 1 heteroatoms.